The number of rotatable bonds is 8. The molecule has 98 valence electrons. The maximum Gasteiger partial charge on any atom is 0.0102 e. The molecule has 0 atom stereocenters. The van der Waals surface area contributed by atoms with Gasteiger partial charge in [0.05, 0.1) is 0 Å². The molecule has 0 radical (unpaired) electrons. The van der Waals surface area contributed by atoms with Crippen molar-refractivity contribution in [2.45, 2.75) is 57.8 Å². The lowest BCUT2D eigenvalue weighted by molar-refractivity contribution is 0.661. The van der Waals surface area contributed by atoms with Crippen LogP contribution in [0.5, 0.6) is 0 Å². The standard InChI is InChI=1S/C19H22/c1-3-5-7-9-11-13-15-17-19-18-16-14-12-10-8-6-4-2/h1-2,5,7H,6,8-14,16H2/b7-5+. The Morgan fingerprint density at radius 3 is 2.00 bits per heavy atom. The van der Waals surface area contributed by atoms with Crippen molar-refractivity contribution >= 4 is 0 Å². The monoisotopic (exact) mass is 250 g/mol. The van der Waals surface area contributed by atoms with E-state index in [1.807, 2.05) is 6.08 Å². The van der Waals surface area contributed by atoms with Crippen LogP contribution in [-0.4, -0.2) is 0 Å². The Labute approximate surface area is 119 Å². The van der Waals surface area contributed by atoms with Crippen molar-refractivity contribution in [3.05, 3.63) is 12.2 Å². The van der Waals surface area contributed by atoms with Crippen molar-refractivity contribution in [1.82, 2.24) is 0 Å². The molecule has 0 aliphatic heterocycles. The Morgan fingerprint density at radius 2 is 1.37 bits per heavy atom. The molecule has 0 amide bonds. The van der Waals surface area contributed by atoms with Gasteiger partial charge in [-0.25, -0.2) is 0 Å². The van der Waals surface area contributed by atoms with E-state index in [2.05, 4.69) is 35.5 Å². The molecule has 0 unspecified atom stereocenters. The van der Waals surface area contributed by atoms with E-state index in [1.165, 1.54) is 12.8 Å². The highest BCUT2D eigenvalue weighted by Crippen LogP contribution is 2.03. The summed E-state index contributed by atoms with van der Waals surface area (Å²) < 4.78 is 0. The highest BCUT2D eigenvalue weighted by Gasteiger charge is 1.86. The molecule has 19 heavy (non-hydrogen) atoms. The molecule has 0 saturated carbocycles. The van der Waals surface area contributed by atoms with E-state index in [0.29, 0.717) is 0 Å². The van der Waals surface area contributed by atoms with Crippen LogP contribution in [0.2, 0.25) is 0 Å². The summed E-state index contributed by atoms with van der Waals surface area (Å²) >= 11 is 0. The lowest BCUT2D eigenvalue weighted by atomic mass is 10.1. The van der Waals surface area contributed by atoms with E-state index in [9.17, 15) is 0 Å². The first kappa shape index (κ1) is 17.0. The van der Waals surface area contributed by atoms with Crippen molar-refractivity contribution in [3.63, 3.8) is 0 Å². The average molecular weight is 250 g/mol. The molecular formula is C19H22. The van der Waals surface area contributed by atoms with Gasteiger partial charge in [0.25, 0.3) is 0 Å². The number of allylic oxidation sites excluding steroid dienone is 2. The third-order valence-corrected chi connectivity index (χ3v) is 2.50. The number of hydrogen-bond acceptors (Lipinski definition) is 0. The van der Waals surface area contributed by atoms with Crippen molar-refractivity contribution in [2.75, 3.05) is 0 Å². The van der Waals surface area contributed by atoms with Gasteiger partial charge >= 0.3 is 0 Å². The van der Waals surface area contributed by atoms with Gasteiger partial charge in [-0.05, 0) is 43.6 Å². The minimum atomic E-state index is 0.885. The van der Waals surface area contributed by atoms with Crippen LogP contribution in [0.3, 0.4) is 0 Å². The maximum atomic E-state index is 5.18. The molecule has 0 heteroatoms. The van der Waals surface area contributed by atoms with Crippen LogP contribution in [0.4, 0.5) is 0 Å². The van der Waals surface area contributed by atoms with Gasteiger partial charge in [-0.1, -0.05) is 36.7 Å². The second kappa shape index (κ2) is 16.0. The molecule has 0 aromatic heterocycles. The van der Waals surface area contributed by atoms with Crippen molar-refractivity contribution < 1.29 is 0 Å². The minimum Gasteiger partial charge on any atom is -0.120 e. The molecule has 0 rings (SSSR count). The number of terminal acetylenes is 2. The van der Waals surface area contributed by atoms with Gasteiger partial charge in [0.1, 0.15) is 0 Å². The third-order valence-electron chi connectivity index (χ3n) is 2.50. The van der Waals surface area contributed by atoms with Gasteiger partial charge < -0.3 is 0 Å². The summed E-state index contributed by atoms with van der Waals surface area (Å²) in [5, 5.41) is 0. The van der Waals surface area contributed by atoms with Crippen molar-refractivity contribution in [2.24, 2.45) is 0 Å². The predicted octanol–water partition coefficient (Wildman–Crippen LogP) is 4.33. The summed E-state index contributed by atoms with van der Waals surface area (Å²) in [6, 6.07) is 0. The topological polar surface area (TPSA) is 0 Å². The Balaban J connectivity index is 3.37. The summed E-state index contributed by atoms with van der Waals surface area (Å²) in [6.07, 6.45) is 23.5. The van der Waals surface area contributed by atoms with E-state index in [4.69, 9.17) is 12.8 Å². The van der Waals surface area contributed by atoms with E-state index in [0.717, 1.165) is 44.9 Å². The minimum absolute atomic E-state index is 0.885. The van der Waals surface area contributed by atoms with Crippen LogP contribution in [0.25, 0.3) is 0 Å². The molecule has 0 aromatic carbocycles. The highest BCUT2D eigenvalue weighted by molar-refractivity contribution is 5.25. The summed E-state index contributed by atoms with van der Waals surface area (Å²) in [5.41, 5.74) is 0. The number of hydrogen-bond donors (Lipinski definition) is 0. The Bertz CT molecular complexity index is 429. The highest BCUT2D eigenvalue weighted by atomic mass is 13.9. The second-order valence-corrected chi connectivity index (χ2v) is 4.18. The van der Waals surface area contributed by atoms with Gasteiger partial charge in [-0.2, -0.15) is 0 Å². The fourth-order valence-electron chi connectivity index (χ4n) is 1.47. The zero-order chi connectivity index (χ0) is 14.0. The quantitative estimate of drug-likeness (QED) is 0.444. The van der Waals surface area contributed by atoms with Crippen molar-refractivity contribution in [3.8, 4) is 48.4 Å². The van der Waals surface area contributed by atoms with Crippen LogP contribution in [0.1, 0.15) is 57.8 Å². The lowest BCUT2D eigenvalue weighted by Crippen LogP contribution is -1.76. The summed E-state index contributed by atoms with van der Waals surface area (Å²) in [7, 11) is 0. The molecule has 0 N–H and O–H groups in total. The molecule has 0 spiro atoms. The van der Waals surface area contributed by atoms with Crippen LogP contribution in [0.15, 0.2) is 12.2 Å². The zero-order valence-corrected chi connectivity index (χ0v) is 11.7. The average Bonchev–Trinajstić information content (AvgIpc) is 2.43. The summed E-state index contributed by atoms with van der Waals surface area (Å²) in [4.78, 5) is 0. The van der Waals surface area contributed by atoms with E-state index < -0.39 is 0 Å². The van der Waals surface area contributed by atoms with Crippen LogP contribution >= 0.6 is 0 Å². The van der Waals surface area contributed by atoms with E-state index >= 15 is 0 Å². The number of unbranched alkanes of at least 4 members (excludes halogenated alkanes) is 7. The zero-order valence-electron chi connectivity index (χ0n) is 11.7. The van der Waals surface area contributed by atoms with Gasteiger partial charge in [-0.3, -0.25) is 0 Å². The molecular weight excluding hydrogens is 228 g/mol. The normalized spacial score (nSPS) is 8.74. The van der Waals surface area contributed by atoms with Gasteiger partial charge in [-0.15, -0.1) is 18.8 Å². The summed E-state index contributed by atoms with van der Waals surface area (Å²) in [6.45, 7) is 0. The second-order valence-electron chi connectivity index (χ2n) is 4.18. The van der Waals surface area contributed by atoms with Gasteiger partial charge in [0.15, 0.2) is 0 Å². The molecule has 0 bridgehead atoms. The lowest BCUT2D eigenvalue weighted by Gasteiger charge is -1.93. The van der Waals surface area contributed by atoms with Crippen LogP contribution in [0, 0.1) is 48.4 Å². The smallest absolute Gasteiger partial charge is 0.0102 e. The fourth-order valence-corrected chi connectivity index (χ4v) is 1.47. The molecule has 0 aromatic rings. The molecule has 0 fully saturated rings. The third kappa shape index (κ3) is 16.0. The van der Waals surface area contributed by atoms with Crippen LogP contribution in [-0.2, 0) is 0 Å². The van der Waals surface area contributed by atoms with E-state index in [1.54, 1.807) is 6.08 Å². The van der Waals surface area contributed by atoms with Gasteiger partial charge in [0, 0.05) is 19.3 Å². The SMILES string of the molecule is C#C/C=C/CCCC#CC#CCCCCCCC#C. The largest absolute Gasteiger partial charge is 0.120 e. The Morgan fingerprint density at radius 1 is 0.737 bits per heavy atom. The van der Waals surface area contributed by atoms with E-state index in [-0.39, 0.29) is 0 Å². The molecule has 0 saturated heterocycles. The van der Waals surface area contributed by atoms with Crippen molar-refractivity contribution in [1.29, 1.82) is 0 Å². The molecule has 0 aliphatic rings. The molecule has 0 heterocycles. The molecule has 0 nitrogen and oxygen atoms in total. The summed E-state index contributed by atoms with van der Waals surface area (Å²) in [5.74, 6) is 17.0. The predicted molar refractivity (Wildman–Crippen MR) is 83.9 cm³/mol. The first-order chi connectivity index (χ1) is 9.41. The first-order valence-electron chi connectivity index (χ1n) is 6.92. The first-order valence-corrected chi connectivity index (χ1v) is 6.92. The Hall–Kier alpha value is -2.02. The Kier molecular flexibility index (Phi) is 14.3. The maximum absolute atomic E-state index is 5.18. The fraction of sp³-hybridized carbons (Fsp3) is 0.474. The molecule has 0 aliphatic carbocycles. The van der Waals surface area contributed by atoms with Crippen LogP contribution < -0.4 is 0 Å². The van der Waals surface area contributed by atoms with Gasteiger partial charge in [0.2, 0.25) is 0 Å².